The van der Waals surface area contributed by atoms with Crippen LogP contribution in [0.2, 0.25) is 0 Å². The highest BCUT2D eigenvalue weighted by Gasteiger charge is 2.25. The topological polar surface area (TPSA) is 47.7 Å². The van der Waals surface area contributed by atoms with Crippen LogP contribution < -0.4 is 15.2 Å². The summed E-state index contributed by atoms with van der Waals surface area (Å²) in [5, 5.41) is 0. The molecule has 0 radical (unpaired) electrons. The number of nitrogens with two attached hydrogens (primary N) is 1. The molecule has 112 valence electrons. The molecule has 0 spiro atoms. The third-order valence-corrected chi connectivity index (χ3v) is 4.30. The maximum Gasteiger partial charge on any atom is 0.123 e. The molecule has 1 aliphatic rings. The molecular weight excluding hydrogens is 252 g/mol. The Morgan fingerprint density at radius 1 is 1.25 bits per heavy atom. The van der Waals surface area contributed by atoms with Crippen LogP contribution in [0.25, 0.3) is 0 Å². The van der Waals surface area contributed by atoms with E-state index in [9.17, 15) is 0 Å². The lowest BCUT2D eigenvalue weighted by molar-refractivity contribution is 0.112. The van der Waals surface area contributed by atoms with Crippen molar-refractivity contribution in [3.8, 4) is 11.5 Å². The Kier molecular flexibility index (Phi) is 5.26. The molecule has 1 aliphatic heterocycles. The number of benzene rings is 1. The van der Waals surface area contributed by atoms with Crippen LogP contribution in [0.15, 0.2) is 18.2 Å². The molecular formula is C16H26N2O2. The Morgan fingerprint density at radius 3 is 2.70 bits per heavy atom. The van der Waals surface area contributed by atoms with Gasteiger partial charge in [0.1, 0.15) is 11.5 Å². The molecule has 2 atom stereocenters. The van der Waals surface area contributed by atoms with Crippen LogP contribution in [-0.2, 0) is 6.54 Å². The fourth-order valence-corrected chi connectivity index (χ4v) is 2.90. The SMILES string of the molecule is COc1ccc(OC)c(CN2CC(CN)CCC2C)c1. The molecule has 0 saturated carbocycles. The number of piperidine rings is 1. The largest absolute Gasteiger partial charge is 0.497 e. The molecule has 1 saturated heterocycles. The van der Waals surface area contributed by atoms with Crippen molar-refractivity contribution < 1.29 is 9.47 Å². The first-order chi connectivity index (χ1) is 9.67. The van der Waals surface area contributed by atoms with Gasteiger partial charge in [0, 0.05) is 24.7 Å². The van der Waals surface area contributed by atoms with E-state index in [1.54, 1.807) is 14.2 Å². The van der Waals surface area contributed by atoms with E-state index >= 15 is 0 Å². The summed E-state index contributed by atoms with van der Waals surface area (Å²) in [6.45, 7) is 5.02. The average molecular weight is 278 g/mol. The Labute approximate surface area is 121 Å². The van der Waals surface area contributed by atoms with Gasteiger partial charge in [-0.05, 0) is 50.4 Å². The zero-order chi connectivity index (χ0) is 14.5. The van der Waals surface area contributed by atoms with E-state index in [4.69, 9.17) is 15.2 Å². The zero-order valence-electron chi connectivity index (χ0n) is 12.8. The Balaban J connectivity index is 2.14. The van der Waals surface area contributed by atoms with E-state index in [0.717, 1.165) is 31.1 Å². The summed E-state index contributed by atoms with van der Waals surface area (Å²) in [5.74, 6) is 2.41. The number of methoxy groups -OCH3 is 2. The van der Waals surface area contributed by atoms with Gasteiger partial charge in [-0.25, -0.2) is 0 Å². The number of rotatable bonds is 5. The van der Waals surface area contributed by atoms with E-state index in [2.05, 4.69) is 17.9 Å². The maximum absolute atomic E-state index is 5.83. The molecule has 20 heavy (non-hydrogen) atoms. The molecule has 4 heteroatoms. The number of ether oxygens (including phenoxy) is 2. The van der Waals surface area contributed by atoms with Crippen molar-refractivity contribution in [2.24, 2.45) is 11.7 Å². The standard InChI is InChI=1S/C16H26N2O2/c1-12-4-5-13(9-17)10-18(12)11-14-8-15(19-2)6-7-16(14)20-3/h6-8,12-13H,4-5,9-11,17H2,1-3H3. The van der Waals surface area contributed by atoms with Crippen molar-refractivity contribution in [1.29, 1.82) is 0 Å². The fourth-order valence-electron chi connectivity index (χ4n) is 2.90. The van der Waals surface area contributed by atoms with Gasteiger partial charge in [0.05, 0.1) is 14.2 Å². The second kappa shape index (κ2) is 6.95. The zero-order valence-corrected chi connectivity index (χ0v) is 12.8. The number of hydrogen-bond acceptors (Lipinski definition) is 4. The first-order valence-corrected chi connectivity index (χ1v) is 7.33. The van der Waals surface area contributed by atoms with Gasteiger partial charge in [-0.2, -0.15) is 0 Å². The minimum Gasteiger partial charge on any atom is -0.497 e. The van der Waals surface area contributed by atoms with Gasteiger partial charge in [-0.15, -0.1) is 0 Å². The molecule has 1 aromatic rings. The summed E-state index contributed by atoms with van der Waals surface area (Å²) in [6, 6.07) is 6.57. The van der Waals surface area contributed by atoms with Crippen LogP contribution in [0.5, 0.6) is 11.5 Å². The number of hydrogen-bond donors (Lipinski definition) is 1. The molecule has 0 aromatic heterocycles. The molecule has 0 bridgehead atoms. The monoisotopic (exact) mass is 278 g/mol. The summed E-state index contributed by atoms with van der Waals surface area (Å²) in [5.41, 5.74) is 7.01. The molecule has 2 rings (SSSR count). The fraction of sp³-hybridized carbons (Fsp3) is 0.625. The third kappa shape index (κ3) is 3.44. The van der Waals surface area contributed by atoms with Crippen molar-refractivity contribution in [3.63, 3.8) is 0 Å². The van der Waals surface area contributed by atoms with Crippen LogP contribution >= 0.6 is 0 Å². The summed E-state index contributed by atoms with van der Waals surface area (Å²) in [7, 11) is 3.41. The molecule has 1 aromatic carbocycles. The minimum absolute atomic E-state index is 0.591. The molecule has 2 unspecified atom stereocenters. The van der Waals surface area contributed by atoms with Crippen molar-refractivity contribution in [1.82, 2.24) is 4.90 Å². The van der Waals surface area contributed by atoms with Gasteiger partial charge in [0.25, 0.3) is 0 Å². The second-order valence-electron chi connectivity index (χ2n) is 5.64. The van der Waals surface area contributed by atoms with Crippen LogP contribution in [0, 0.1) is 5.92 Å². The summed E-state index contributed by atoms with van der Waals surface area (Å²) in [6.07, 6.45) is 2.46. The van der Waals surface area contributed by atoms with Crippen molar-refractivity contribution in [3.05, 3.63) is 23.8 Å². The van der Waals surface area contributed by atoms with Crippen LogP contribution in [0.4, 0.5) is 0 Å². The van der Waals surface area contributed by atoms with Gasteiger partial charge in [0.15, 0.2) is 0 Å². The Morgan fingerprint density at radius 2 is 2.05 bits per heavy atom. The third-order valence-electron chi connectivity index (χ3n) is 4.30. The van der Waals surface area contributed by atoms with Gasteiger partial charge >= 0.3 is 0 Å². The number of likely N-dealkylation sites (tertiary alicyclic amines) is 1. The summed E-state index contributed by atoms with van der Waals surface area (Å²) >= 11 is 0. The van der Waals surface area contributed by atoms with E-state index in [1.807, 2.05) is 12.1 Å². The highest BCUT2D eigenvalue weighted by atomic mass is 16.5. The lowest BCUT2D eigenvalue weighted by Crippen LogP contribution is -2.43. The van der Waals surface area contributed by atoms with E-state index in [-0.39, 0.29) is 0 Å². The highest BCUT2D eigenvalue weighted by molar-refractivity contribution is 5.40. The molecule has 4 nitrogen and oxygen atoms in total. The van der Waals surface area contributed by atoms with Gasteiger partial charge in [-0.1, -0.05) is 0 Å². The van der Waals surface area contributed by atoms with Crippen molar-refractivity contribution >= 4 is 0 Å². The normalized spacial score (nSPS) is 23.6. The molecule has 2 N–H and O–H groups in total. The first kappa shape index (κ1) is 15.1. The van der Waals surface area contributed by atoms with E-state index < -0.39 is 0 Å². The molecule has 0 aliphatic carbocycles. The average Bonchev–Trinajstić information content (AvgIpc) is 2.49. The lowest BCUT2D eigenvalue weighted by atomic mass is 9.93. The van der Waals surface area contributed by atoms with Gasteiger partial charge in [-0.3, -0.25) is 4.90 Å². The van der Waals surface area contributed by atoms with Crippen LogP contribution in [0.1, 0.15) is 25.3 Å². The van der Waals surface area contributed by atoms with Gasteiger partial charge < -0.3 is 15.2 Å². The first-order valence-electron chi connectivity index (χ1n) is 7.33. The number of nitrogens with zero attached hydrogens (tertiary/aromatic N) is 1. The lowest BCUT2D eigenvalue weighted by Gasteiger charge is -2.37. The maximum atomic E-state index is 5.83. The van der Waals surface area contributed by atoms with Crippen molar-refractivity contribution in [2.45, 2.75) is 32.4 Å². The smallest absolute Gasteiger partial charge is 0.123 e. The molecule has 0 amide bonds. The quantitative estimate of drug-likeness (QED) is 0.897. The highest BCUT2D eigenvalue weighted by Crippen LogP contribution is 2.29. The second-order valence-corrected chi connectivity index (χ2v) is 5.64. The summed E-state index contributed by atoms with van der Waals surface area (Å²) in [4.78, 5) is 2.50. The predicted octanol–water partition coefficient (Wildman–Crippen LogP) is 2.26. The van der Waals surface area contributed by atoms with E-state index in [0.29, 0.717) is 12.0 Å². The van der Waals surface area contributed by atoms with E-state index in [1.165, 1.54) is 18.4 Å². The Hall–Kier alpha value is -1.26. The van der Waals surface area contributed by atoms with Gasteiger partial charge in [0.2, 0.25) is 0 Å². The molecule has 1 fully saturated rings. The Bertz CT molecular complexity index is 436. The summed E-state index contributed by atoms with van der Waals surface area (Å²) < 4.78 is 10.8. The molecule has 1 heterocycles. The predicted molar refractivity (Wildman–Crippen MR) is 81.2 cm³/mol. The minimum atomic E-state index is 0.591. The van der Waals surface area contributed by atoms with Crippen LogP contribution in [-0.4, -0.2) is 38.3 Å². The van der Waals surface area contributed by atoms with Crippen LogP contribution in [0.3, 0.4) is 0 Å². The van der Waals surface area contributed by atoms with Crippen molar-refractivity contribution in [2.75, 3.05) is 27.3 Å².